The Hall–Kier alpha value is -4.49. The van der Waals surface area contributed by atoms with Crippen LogP contribution >= 0.6 is 0 Å². The van der Waals surface area contributed by atoms with Crippen LogP contribution in [0, 0.1) is 5.92 Å². The number of benzene rings is 1. The molecule has 0 spiro atoms. The Labute approximate surface area is 226 Å². The van der Waals surface area contributed by atoms with E-state index in [1.165, 1.54) is 20.0 Å². The van der Waals surface area contributed by atoms with Crippen molar-refractivity contribution in [3.8, 4) is 0 Å². The molecule has 13 nitrogen and oxygen atoms in total. The largest absolute Gasteiger partial charge is 0.352 e. The van der Waals surface area contributed by atoms with Gasteiger partial charge in [-0.05, 0) is 36.5 Å². The maximum Gasteiger partial charge on any atom is 0.312 e. The van der Waals surface area contributed by atoms with Crippen molar-refractivity contribution < 1.29 is 33.6 Å². The van der Waals surface area contributed by atoms with Crippen LogP contribution in [-0.4, -0.2) is 74.3 Å². The van der Waals surface area contributed by atoms with Crippen LogP contribution in [-0.2, 0) is 35.2 Å². The number of nitrogens with two attached hydrogens (primary N) is 1. The van der Waals surface area contributed by atoms with Gasteiger partial charge in [-0.25, -0.2) is 9.69 Å². The van der Waals surface area contributed by atoms with Gasteiger partial charge >= 0.3 is 6.03 Å². The number of imide groups is 1. The van der Waals surface area contributed by atoms with Gasteiger partial charge in [0, 0.05) is 18.7 Å². The summed E-state index contributed by atoms with van der Waals surface area (Å²) in [7, 11) is 1.31. The molecule has 0 radical (unpaired) electrons. The van der Waals surface area contributed by atoms with Gasteiger partial charge in [-0.3, -0.25) is 24.0 Å². The minimum atomic E-state index is -1.01. The number of nitrogens with one attached hydrogen (secondary N) is 4. The monoisotopic (exact) mass is 540 g/mol. The number of nitrogens with zero attached hydrogens (tertiary/aromatic N) is 1. The molecule has 1 aromatic carbocycles. The summed E-state index contributed by atoms with van der Waals surface area (Å²) in [5.41, 5.74) is 5.75. The number of urea groups is 1. The van der Waals surface area contributed by atoms with E-state index in [0.717, 1.165) is 4.90 Å². The number of hydrogen-bond acceptors (Lipinski definition) is 7. The number of carbonyl (C=O) groups is 7. The summed E-state index contributed by atoms with van der Waals surface area (Å²) in [6.45, 7) is 3.45. The number of amides is 7. The molecule has 2 atom stereocenters. The van der Waals surface area contributed by atoms with Gasteiger partial charge in [0.1, 0.15) is 17.8 Å². The molecule has 0 fully saturated rings. The number of primary amides is 1. The summed E-state index contributed by atoms with van der Waals surface area (Å²) in [4.78, 5) is 85.3. The molecule has 1 heterocycles. The van der Waals surface area contributed by atoms with Crippen LogP contribution in [0.3, 0.4) is 0 Å². The van der Waals surface area contributed by atoms with E-state index in [-0.39, 0.29) is 37.5 Å². The van der Waals surface area contributed by atoms with Crippen LogP contribution in [0.1, 0.15) is 32.3 Å². The van der Waals surface area contributed by atoms with Gasteiger partial charge in [0.05, 0.1) is 18.7 Å². The standard InChI is InChI=1S/C25H33BN6O7/c1-14(2)22(24(38)30-17(4-3-11-28-25(27)39)23(37)29-13-18(26)33)31-19(34)12-15-5-7-16(8-6-15)32-20(35)9-10-21(32)36/h5-10,14,17,22H,3-4,11-13,26H2,1-2H3,(H,29,37)(H,30,38)(H,31,34)(H3,27,28,39)/t17-,22?/m0/s1. The molecular weight excluding hydrogens is 507 g/mol. The molecule has 208 valence electrons. The fourth-order valence-corrected chi connectivity index (χ4v) is 3.75. The first-order valence-electron chi connectivity index (χ1n) is 12.4. The Morgan fingerprint density at radius 3 is 2.08 bits per heavy atom. The number of hydrogen-bond donors (Lipinski definition) is 5. The fraction of sp³-hybridized carbons (Fsp3) is 0.400. The maximum absolute atomic E-state index is 13.1. The molecule has 0 aliphatic carbocycles. The molecule has 0 saturated carbocycles. The number of carbonyl (C=O) groups excluding carboxylic acids is 7. The van der Waals surface area contributed by atoms with Crippen molar-refractivity contribution in [1.82, 2.24) is 21.3 Å². The molecule has 2 rings (SSSR count). The average Bonchev–Trinajstić information content (AvgIpc) is 3.20. The molecular formula is C25H33BN6O7. The zero-order valence-electron chi connectivity index (χ0n) is 22.1. The summed E-state index contributed by atoms with van der Waals surface area (Å²) in [6, 6.07) is 3.62. The third-order valence-corrected chi connectivity index (χ3v) is 5.75. The predicted molar refractivity (Wildman–Crippen MR) is 144 cm³/mol. The lowest BCUT2D eigenvalue weighted by atomic mass is 10.0. The Bertz CT molecular complexity index is 1130. The maximum atomic E-state index is 13.1. The molecule has 0 bridgehead atoms. The highest BCUT2D eigenvalue weighted by atomic mass is 16.2. The SMILES string of the molecule is BC(=O)CNC(=O)[C@H](CCCNC(N)=O)NC(=O)C(NC(=O)Cc1ccc(N2C(=O)C=CC2=O)cc1)C(C)C. The molecule has 0 saturated heterocycles. The molecule has 0 aromatic heterocycles. The van der Waals surface area contributed by atoms with Crippen molar-refractivity contribution in [1.29, 1.82) is 0 Å². The van der Waals surface area contributed by atoms with E-state index in [4.69, 9.17) is 5.73 Å². The van der Waals surface area contributed by atoms with Crippen LogP contribution < -0.4 is 31.9 Å². The minimum Gasteiger partial charge on any atom is -0.352 e. The highest BCUT2D eigenvalue weighted by Crippen LogP contribution is 2.19. The van der Waals surface area contributed by atoms with E-state index >= 15 is 0 Å². The van der Waals surface area contributed by atoms with Crippen molar-refractivity contribution in [2.24, 2.45) is 11.7 Å². The van der Waals surface area contributed by atoms with Crippen molar-refractivity contribution in [3.05, 3.63) is 42.0 Å². The molecule has 6 N–H and O–H groups in total. The van der Waals surface area contributed by atoms with Crippen molar-refractivity contribution in [2.75, 3.05) is 18.0 Å². The van der Waals surface area contributed by atoms with Crippen molar-refractivity contribution >= 4 is 54.8 Å². The van der Waals surface area contributed by atoms with Gasteiger partial charge in [-0.1, -0.05) is 26.0 Å². The first kappa shape index (κ1) is 30.7. The molecule has 1 aromatic rings. The first-order chi connectivity index (χ1) is 18.4. The summed E-state index contributed by atoms with van der Waals surface area (Å²) in [5, 5.41) is 10.2. The van der Waals surface area contributed by atoms with E-state index in [0.29, 0.717) is 17.7 Å². The Morgan fingerprint density at radius 1 is 0.923 bits per heavy atom. The quantitative estimate of drug-likeness (QED) is 0.102. The van der Waals surface area contributed by atoms with Crippen molar-refractivity contribution in [2.45, 2.75) is 45.2 Å². The van der Waals surface area contributed by atoms with Crippen LogP contribution in [0.2, 0.25) is 0 Å². The number of rotatable bonds is 14. The van der Waals surface area contributed by atoms with Crippen LogP contribution in [0.5, 0.6) is 0 Å². The topological polar surface area (TPSA) is 197 Å². The second kappa shape index (κ2) is 14.5. The van der Waals surface area contributed by atoms with Gasteiger partial charge in [-0.2, -0.15) is 0 Å². The normalized spacial score (nSPS) is 14.1. The van der Waals surface area contributed by atoms with E-state index in [2.05, 4.69) is 21.3 Å². The Morgan fingerprint density at radius 2 is 1.54 bits per heavy atom. The van der Waals surface area contributed by atoms with Crippen LogP contribution in [0.4, 0.5) is 10.5 Å². The number of anilines is 1. The zero-order chi connectivity index (χ0) is 29.1. The van der Waals surface area contributed by atoms with Crippen molar-refractivity contribution in [3.63, 3.8) is 0 Å². The van der Waals surface area contributed by atoms with E-state index in [9.17, 15) is 33.6 Å². The lowest BCUT2D eigenvalue weighted by Crippen LogP contribution is -2.56. The van der Waals surface area contributed by atoms with Crippen LogP contribution in [0.25, 0.3) is 0 Å². The summed E-state index contributed by atoms with van der Waals surface area (Å²) in [6.07, 6.45) is 2.75. The van der Waals surface area contributed by atoms with E-state index < -0.39 is 47.7 Å². The molecule has 7 amide bonds. The highest BCUT2D eigenvalue weighted by molar-refractivity contribution is 6.58. The second-order valence-corrected chi connectivity index (χ2v) is 9.39. The van der Waals surface area contributed by atoms with Gasteiger partial charge in [-0.15, -0.1) is 0 Å². The second-order valence-electron chi connectivity index (χ2n) is 9.39. The smallest absolute Gasteiger partial charge is 0.312 e. The van der Waals surface area contributed by atoms with Gasteiger partial charge in [0.2, 0.25) is 17.7 Å². The zero-order valence-corrected chi connectivity index (χ0v) is 22.1. The lowest BCUT2D eigenvalue weighted by molar-refractivity contribution is -0.133. The molecule has 39 heavy (non-hydrogen) atoms. The molecule has 1 aliphatic heterocycles. The molecule has 1 unspecified atom stereocenters. The van der Waals surface area contributed by atoms with E-state index in [1.54, 1.807) is 38.1 Å². The lowest BCUT2D eigenvalue weighted by Gasteiger charge is -2.25. The van der Waals surface area contributed by atoms with Gasteiger partial charge in [0.25, 0.3) is 11.8 Å². The van der Waals surface area contributed by atoms with Gasteiger partial charge < -0.3 is 31.8 Å². The Balaban J connectivity index is 2.02. The average molecular weight is 540 g/mol. The third kappa shape index (κ3) is 9.72. The van der Waals surface area contributed by atoms with Gasteiger partial charge in [0.15, 0.2) is 7.85 Å². The highest BCUT2D eigenvalue weighted by Gasteiger charge is 2.29. The first-order valence-corrected chi connectivity index (χ1v) is 12.4. The molecule has 1 aliphatic rings. The van der Waals surface area contributed by atoms with E-state index in [1.807, 2.05) is 0 Å². The fourth-order valence-electron chi connectivity index (χ4n) is 3.75. The summed E-state index contributed by atoms with van der Waals surface area (Å²) < 4.78 is 0. The molecule has 14 heteroatoms. The minimum absolute atomic E-state index is 0.0712. The third-order valence-electron chi connectivity index (χ3n) is 5.75. The summed E-state index contributed by atoms with van der Waals surface area (Å²) >= 11 is 0. The van der Waals surface area contributed by atoms with Crippen LogP contribution in [0.15, 0.2) is 36.4 Å². The summed E-state index contributed by atoms with van der Waals surface area (Å²) in [5.74, 6) is -2.83. The Kier molecular flexibility index (Phi) is 11.4. The predicted octanol–water partition coefficient (Wildman–Crippen LogP) is -1.99.